The lowest BCUT2D eigenvalue weighted by Crippen LogP contribution is -2.51. The molecule has 3 unspecified atom stereocenters. The molecule has 0 spiro atoms. The van der Waals surface area contributed by atoms with Crippen LogP contribution in [0.3, 0.4) is 0 Å². The molecular weight excluding hydrogens is 286 g/mol. The Morgan fingerprint density at radius 2 is 1.04 bits per heavy atom. The Balaban J connectivity index is 4.66. The molecule has 0 amide bonds. The molecule has 0 aromatic rings. The minimum absolute atomic E-state index is 0.560. The first kappa shape index (κ1) is 22.8. The van der Waals surface area contributed by atoms with Crippen LogP contribution in [-0.4, -0.2) is 125 Å². The molecule has 5 heteroatoms. The molecular formula is C18H43N5. The van der Waals surface area contributed by atoms with E-state index >= 15 is 0 Å². The van der Waals surface area contributed by atoms with Crippen LogP contribution in [0.25, 0.3) is 0 Å². The van der Waals surface area contributed by atoms with Gasteiger partial charge < -0.3 is 19.6 Å². The fourth-order valence-corrected chi connectivity index (χ4v) is 3.07. The first-order chi connectivity index (χ1) is 10.5. The van der Waals surface area contributed by atoms with E-state index in [1.165, 1.54) is 0 Å². The van der Waals surface area contributed by atoms with Crippen LogP contribution in [0.4, 0.5) is 0 Å². The normalized spacial score (nSPS) is 16.8. The van der Waals surface area contributed by atoms with Crippen molar-refractivity contribution in [3.05, 3.63) is 0 Å². The van der Waals surface area contributed by atoms with Gasteiger partial charge in [-0.25, -0.2) is 0 Å². The lowest BCUT2D eigenvalue weighted by atomic mass is 10.1. The van der Waals surface area contributed by atoms with Gasteiger partial charge in [0.1, 0.15) is 0 Å². The van der Waals surface area contributed by atoms with Crippen LogP contribution < -0.4 is 0 Å². The Kier molecular flexibility index (Phi) is 11.3. The van der Waals surface area contributed by atoms with Crippen molar-refractivity contribution < 1.29 is 0 Å². The molecule has 0 N–H and O–H groups in total. The highest BCUT2D eigenvalue weighted by Gasteiger charge is 2.22. The molecule has 0 saturated heterocycles. The molecule has 23 heavy (non-hydrogen) atoms. The Morgan fingerprint density at radius 3 is 1.48 bits per heavy atom. The van der Waals surface area contributed by atoms with Crippen LogP contribution in [0.2, 0.25) is 0 Å². The first-order valence-electron chi connectivity index (χ1n) is 8.94. The number of hydrogen-bond donors (Lipinski definition) is 0. The summed E-state index contributed by atoms with van der Waals surface area (Å²) in [6.45, 7) is 12.6. The van der Waals surface area contributed by atoms with E-state index in [4.69, 9.17) is 0 Å². The molecule has 5 nitrogen and oxygen atoms in total. The zero-order valence-corrected chi connectivity index (χ0v) is 17.5. The molecule has 0 aliphatic heterocycles. The van der Waals surface area contributed by atoms with Crippen LogP contribution >= 0.6 is 0 Å². The molecule has 0 radical (unpaired) electrons. The summed E-state index contributed by atoms with van der Waals surface area (Å²) in [5.41, 5.74) is 0. The van der Waals surface area contributed by atoms with Gasteiger partial charge in [-0.3, -0.25) is 4.90 Å². The highest BCUT2D eigenvalue weighted by molar-refractivity contribution is 4.79. The van der Waals surface area contributed by atoms with Crippen molar-refractivity contribution in [1.82, 2.24) is 24.5 Å². The highest BCUT2D eigenvalue weighted by Crippen LogP contribution is 2.09. The molecule has 140 valence electrons. The quantitative estimate of drug-likeness (QED) is 0.531. The topological polar surface area (TPSA) is 16.2 Å². The third kappa shape index (κ3) is 10.3. The summed E-state index contributed by atoms with van der Waals surface area (Å²) in [4.78, 5) is 12.0. The SMILES string of the molecule is CC(CN(C)CC(C)N(CCN(C)C)C(C)CN(C)C)N(C)C. The Morgan fingerprint density at radius 1 is 0.565 bits per heavy atom. The summed E-state index contributed by atoms with van der Waals surface area (Å²) in [7, 11) is 15.2. The molecule has 0 aliphatic carbocycles. The monoisotopic (exact) mass is 329 g/mol. The van der Waals surface area contributed by atoms with Gasteiger partial charge in [-0.1, -0.05) is 0 Å². The van der Waals surface area contributed by atoms with E-state index in [0.717, 1.165) is 32.7 Å². The van der Waals surface area contributed by atoms with E-state index in [-0.39, 0.29) is 0 Å². The van der Waals surface area contributed by atoms with Crippen molar-refractivity contribution in [3.8, 4) is 0 Å². The van der Waals surface area contributed by atoms with Crippen LogP contribution in [0, 0.1) is 0 Å². The maximum atomic E-state index is 2.66. The van der Waals surface area contributed by atoms with Crippen molar-refractivity contribution in [2.45, 2.75) is 38.9 Å². The van der Waals surface area contributed by atoms with Crippen LogP contribution in [0.5, 0.6) is 0 Å². The number of hydrogen-bond acceptors (Lipinski definition) is 5. The van der Waals surface area contributed by atoms with Crippen LogP contribution in [0.1, 0.15) is 20.8 Å². The highest BCUT2D eigenvalue weighted by atomic mass is 15.3. The first-order valence-corrected chi connectivity index (χ1v) is 8.94. The molecule has 3 atom stereocenters. The third-order valence-electron chi connectivity index (χ3n) is 4.60. The van der Waals surface area contributed by atoms with Crippen molar-refractivity contribution >= 4 is 0 Å². The summed E-state index contributed by atoms with van der Waals surface area (Å²) in [5, 5.41) is 0. The Bertz CT molecular complexity index is 293. The van der Waals surface area contributed by atoms with Crippen molar-refractivity contribution in [2.24, 2.45) is 0 Å². The molecule has 0 fully saturated rings. The zero-order valence-electron chi connectivity index (χ0n) is 17.5. The average molecular weight is 330 g/mol. The molecule has 0 saturated carbocycles. The van der Waals surface area contributed by atoms with Gasteiger partial charge in [0.2, 0.25) is 0 Å². The average Bonchev–Trinajstić information content (AvgIpc) is 2.36. The zero-order chi connectivity index (χ0) is 18.2. The van der Waals surface area contributed by atoms with Gasteiger partial charge in [0.15, 0.2) is 0 Å². The predicted octanol–water partition coefficient (Wildman–Crippen LogP) is 1.07. The second kappa shape index (κ2) is 11.4. The summed E-state index contributed by atoms with van der Waals surface area (Å²) in [5.74, 6) is 0. The number of nitrogens with zero attached hydrogens (tertiary/aromatic N) is 5. The van der Waals surface area contributed by atoms with E-state index < -0.39 is 0 Å². The molecule has 0 bridgehead atoms. The second-order valence-electron chi connectivity index (χ2n) is 8.04. The lowest BCUT2D eigenvalue weighted by Gasteiger charge is -2.39. The van der Waals surface area contributed by atoms with Crippen molar-refractivity contribution in [2.75, 3.05) is 82.1 Å². The molecule has 0 heterocycles. The van der Waals surface area contributed by atoms with Gasteiger partial charge in [-0.2, -0.15) is 0 Å². The van der Waals surface area contributed by atoms with E-state index in [1.807, 2.05) is 0 Å². The fraction of sp³-hybridized carbons (Fsp3) is 1.00. The van der Waals surface area contributed by atoms with Crippen LogP contribution in [0.15, 0.2) is 0 Å². The minimum Gasteiger partial charge on any atom is -0.308 e. The van der Waals surface area contributed by atoms with Gasteiger partial charge >= 0.3 is 0 Å². The Hall–Kier alpha value is -0.200. The summed E-state index contributed by atoms with van der Waals surface area (Å²) >= 11 is 0. The van der Waals surface area contributed by atoms with Gasteiger partial charge in [0.05, 0.1) is 0 Å². The van der Waals surface area contributed by atoms with Gasteiger partial charge in [-0.05, 0) is 70.1 Å². The maximum absolute atomic E-state index is 2.66. The van der Waals surface area contributed by atoms with E-state index in [0.29, 0.717) is 18.1 Å². The summed E-state index contributed by atoms with van der Waals surface area (Å²) in [6, 6.07) is 1.71. The van der Waals surface area contributed by atoms with Gasteiger partial charge in [-0.15, -0.1) is 0 Å². The van der Waals surface area contributed by atoms with Crippen molar-refractivity contribution in [3.63, 3.8) is 0 Å². The predicted molar refractivity (Wildman–Crippen MR) is 103 cm³/mol. The Labute approximate surface area is 146 Å². The van der Waals surface area contributed by atoms with E-state index in [2.05, 4.69) is 94.6 Å². The molecule has 0 rings (SSSR count). The number of rotatable bonds is 12. The maximum Gasteiger partial charge on any atom is 0.0198 e. The second-order valence-corrected chi connectivity index (χ2v) is 8.04. The van der Waals surface area contributed by atoms with Gasteiger partial charge in [0, 0.05) is 50.8 Å². The van der Waals surface area contributed by atoms with Crippen LogP contribution in [-0.2, 0) is 0 Å². The lowest BCUT2D eigenvalue weighted by molar-refractivity contribution is 0.0913. The summed E-state index contributed by atoms with van der Waals surface area (Å²) in [6.07, 6.45) is 0. The molecule has 0 aromatic heterocycles. The fourth-order valence-electron chi connectivity index (χ4n) is 3.07. The van der Waals surface area contributed by atoms with Crippen molar-refractivity contribution in [1.29, 1.82) is 0 Å². The van der Waals surface area contributed by atoms with E-state index in [9.17, 15) is 0 Å². The van der Waals surface area contributed by atoms with E-state index in [1.54, 1.807) is 0 Å². The largest absolute Gasteiger partial charge is 0.308 e. The summed E-state index contributed by atoms with van der Waals surface area (Å²) < 4.78 is 0. The minimum atomic E-state index is 0.560. The smallest absolute Gasteiger partial charge is 0.0198 e. The molecule has 0 aliphatic rings. The molecule has 0 aromatic carbocycles. The number of likely N-dealkylation sites (N-methyl/N-ethyl adjacent to an activating group) is 4. The third-order valence-corrected chi connectivity index (χ3v) is 4.60. The standard InChI is InChI=1S/C18H43N5/c1-16(21(8)9)14-22(10)15-18(3)23(12-11-19(4)5)17(2)13-20(6)7/h16-18H,11-15H2,1-10H3. The van der Waals surface area contributed by atoms with Gasteiger partial charge in [0.25, 0.3) is 0 Å².